The highest BCUT2D eigenvalue weighted by molar-refractivity contribution is 5.99. The van der Waals surface area contributed by atoms with Crippen molar-refractivity contribution < 1.29 is 23.8 Å². The van der Waals surface area contributed by atoms with Gasteiger partial charge in [0.05, 0.1) is 24.7 Å². The standard InChI is InChI=1S/C29H34N4O4.C2H6O.C2H6/c1-29(2)16-22-20-13-17(7-9-25(20)37-29)5-3-4-6-19-15-26(34)33(28(30)31-19)23-11-12-36-24-10-8-18(14-21(23)24)27(35)32-22;1-3-2;1-2/h7-10,13-14,19,22-23H,3-6,11-12,15-16H2,1-2H3,(H2,30,31)(H,32,35);1-2H3;1-2H3/t19?,22?,23-;;/m1../s1. The van der Waals surface area contributed by atoms with Gasteiger partial charge in [-0.3, -0.25) is 14.5 Å². The molecule has 0 saturated heterocycles. The maximum atomic E-state index is 13.6. The van der Waals surface area contributed by atoms with Crippen molar-refractivity contribution in [3.63, 3.8) is 0 Å². The minimum Gasteiger partial charge on any atom is -0.493 e. The second kappa shape index (κ2) is 13.6. The zero-order valence-electron chi connectivity index (χ0n) is 25.9. The van der Waals surface area contributed by atoms with Crippen molar-refractivity contribution in [3.05, 3.63) is 58.7 Å². The van der Waals surface area contributed by atoms with Crippen LogP contribution in [0, 0.1) is 0 Å². The molecule has 228 valence electrons. The Balaban J connectivity index is 0.000000763. The van der Waals surface area contributed by atoms with Crippen LogP contribution < -0.4 is 20.5 Å². The highest BCUT2D eigenvalue weighted by atomic mass is 16.5. The fraction of sp³-hybridized carbons (Fsp3) is 0.545. The number of carbonyl (C=O) groups is 2. The van der Waals surface area contributed by atoms with Gasteiger partial charge in [0.1, 0.15) is 17.1 Å². The molecule has 42 heavy (non-hydrogen) atoms. The molecule has 0 radical (unpaired) electrons. The number of nitrogens with zero attached hydrogens (tertiary/aromatic N) is 2. The summed E-state index contributed by atoms with van der Waals surface area (Å²) in [6, 6.07) is 11.2. The van der Waals surface area contributed by atoms with Crippen LogP contribution in [-0.2, 0) is 16.0 Å². The fourth-order valence-electron chi connectivity index (χ4n) is 6.15. The van der Waals surface area contributed by atoms with Crippen molar-refractivity contribution in [2.75, 3.05) is 20.8 Å². The monoisotopic (exact) mass is 578 g/mol. The molecule has 5 aliphatic heterocycles. The molecule has 3 N–H and O–H groups in total. The number of fused-ring (bicyclic) bond motifs is 5. The molecule has 0 aromatic heterocycles. The number of ether oxygens (including phenoxy) is 3. The molecule has 2 unspecified atom stereocenters. The fourth-order valence-corrected chi connectivity index (χ4v) is 6.15. The number of aliphatic imine (C=N–C) groups is 1. The summed E-state index contributed by atoms with van der Waals surface area (Å²) >= 11 is 0. The molecular weight excluding hydrogens is 532 g/mol. The second-order valence-electron chi connectivity index (χ2n) is 11.6. The molecule has 2 aromatic carbocycles. The molecule has 2 aromatic rings. The number of nitrogens with one attached hydrogen (secondary N) is 1. The smallest absolute Gasteiger partial charge is 0.251 e. The van der Waals surface area contributed by atoms with E-state index < -0.39 is 5.60 Å². The average Bonchev–Trinajstić information content (AvgIpc) is 2.95. The second-order valence-corrected chi connectivity index (χ2v) is 11.6. The van der Waals surface area contributed by atoms with Gasteiger partial charge in [-0.2, -0.15) is 0 Å². The summed E-state index contributed by atoms with van der Waals surface area (Å²) < 4.78 is 16.4. The van der Waals surface area contributed by atoms with Gasteiger partial charge in [0, 0.05) is 50.2 Å². The van der Waals surface area contributed by atoms with E-state index in [0.717, 1.165) is 42.6 Å². The lowest BCUT2D eigenvalue weighted by atomic mass is 9.88. The van der Waals surface area contributed by atoms with Crippen molar-refractivity contribution in [2.24, 2.45) is 10.7 Å². The highest BCUT2D eigenvalue weighted by Gasteiger charge is 2.38. The minimum atomic E-state index is -0.401. The molecule has 0 saturated carbocycles. The van der Waals surface area contributed by atoms with Crippen molar-refractivity contribution in [3.8, 4) is 11.5 Å². The largest absolute Gasteiger partial charge is 0.493 e. The Morgan fingerprint density at radius 2 is 1.76 bits per heavy atom. The highest BCUT2D eigenvalue weighted by Crippen LogP contribution is 2.41. The molecule has 0 fully saturated rings. The van der Waals surface area contributed by atoms with Gasteiger partial charge in [-0.15, -0.1) is 0 Å². The predicted molar refractivity (Wildman–Crippen MR) is 164 cm³/mol. The van der Waals surface area contributed by atoms with E-state index in [-0.39, 0.29) is 35.9 Å². The molecule has 0 spiro atoms. The Labute approximate surface area is 249 Å². The van der Waals surface area contributed by atoms with Crippen LogP contribution in [0.3, 0.4) is 0 Å². The number of benzene rings is 2. The lowest BCUT2D eigenvalue weighted by molar-refractivity contribution is -0.130. The molecule has 7 rings (SSSR count). The van der Waals surface area contributed by atoms with E-state index >= 15 is 0 Å². The maximum Gasteiger partial charge on any atom is 0.251 e. The molecule has 9 heteroatoms. The summed E-state index contributed by atoms with van der Waals surface area (Å²) in [6.07, 6.45) is 5.30. The molecular formula is C33H46N4O5. The number of nitrogens with two attached hydrogens (primary N) is 1. The number of methoxy groups -OCH3 is 1. The van der Waals surface area contributed by atoms with Gasteiger partial charge >= 0.3 is 0 Å². The van der Waals surface area contributed by atoms with Crippen LogP contribution in [0.2, 0.25) is 0 Å². The third kappa shape index (κ3) is 6.89. The lowest BCUT2D eigenvalue weighted by Gasteiger charge is -2.39. The quantitative estimate of drug-likeness (QED) is 0.428. The number of rotatable bonds is 0. The number of amides is 2. The zero-order chi connectivity index (χ0) is 30.4. The molecule has 2 amide bonds. The van der Waals surface area contributed by atoms with Gasteiger partial charge in [0.2, 0.25) is 5.91 Å². The number of carbonyl (C=O) groups excluding carboxylic acids is 2. The van der Waals surface area contributed by atoms with Crippen molar-refractivity contribution in [1.29, 1.82) is 0 Å². The molecule has 5 heterocycles. The van der Waals surface area contributed by atoms with Gasteiger partial charge in [-0.1, -0.05) is 32.4 Å². The summed E-state index contributed by atoms with van der Waals surface area (Å²) in [5.74, 6) is 1.58. The van der Waals surface area contributed by atoms with Crippen LogP contribution in [0.25, 0.3) is 0 Å². The van der Waals surface area contributed by atoms with E-state index in [1.807, 2.05) is 32.0 Å². The van der Waals surface area contributed by atoms with E-state index in [9.17, 15) is 9.59 Å². The topological polar surface area (TPSA) is 115 Å². The number of aryl methyl sites for hydroxylation is 1. The Morgan fingerprint density at radius 1 is 1.02 bits per heavy atom. The van der Waals surface area contributed by atoms with Gasteiger partial charge < -0.3 is 25.3 Å². The van der Waals surface area contributed by atoms with Crippen LogP contribution in [0.1, 0.15) is 105 Å². The van der Waals surface area contributed by atoms with E-state index in [2.05, 4.69) is 36.0 Å². The van der Waals surface area contributed by atoms with Gasteiger partial charge in [-0.05, 0) is 62.9 Å². The Hall–Kier alpha value is -3.59. The number of hydrogen-bond acceptors (Lipinski definition) is 7. The normalized spacial score (nSPS) is 24.1. The Kier molecular flexibility index (Phi) is 10.1. The summed E-state index contributed by atoms with van der Waals surface area (Å²) in [6.45, 7) is 8.57. The van der Waals surface area contributed by atoms with Crippen LogP contribution in [0.15, 0.2) is 41.4 Å². The Bertz CT molecular complexity index is 1310. The average molecular weight is 579 g/mol. The first-order valence-electron chi connectivity index (χ1n) is 15.1. The zero-order valence-corrected chi connectivity index (χ0v) is 25.9. The number of hydrogen-bond donors (Lipinski definition) is 2. The first-order chi connectivity index (χ1) is 20.2. The molecule has 6 bridgehead atoms. The first-order valence-corrected chi connectivity index (χ1v) is 15.1. The van der Waals surface area contributed by atoms with Crippen LogP contribution in [0.5, 0.6) is 11.5 Å². The van der Waals surface area contributed by atoms with Crippen molar-refractivity contribution >= 4 is 17.8 Å². The summed E-state index contributed by atoms with van der Waals surface area (Å²) in [4.78, 5) is 33.2. The molecule has 3 atom stereocenters. The van der Waals surface area contributed by atoms with E-state index in [4.69, 9.17) is 20.2 Å². The van der Waals surface area contributed by atoms with Gasteiger partial charge in [-0.25, -0.2) is 4.99 Å². The summed E-state index contributed by atoms with van der Waals surface area (Å²) in [5, 5.41) is 3.27. The van der Waals surface area contributed by atoms with Crippen LogP contribution in [0.4, 0.5) is 0 Å². The molecule has 9 nitrogen and oxygen atoms in total. The summed E-state index contributed by atoms with van der Waals surface area (Å²) in [7, 11) is 3.25. The van der Waals surface area contributed by atoms with E-state index in [1.54, 1.807) is 25.2 Å². The molecule has 5 aliphatic rings. The van der Waals surface area contributed by atoms with Gasteiger partial charge in [0.15, 0.2) is 5.96 Å². The lowest BCUT2D eigenvalue weighted by Crippen LogP contribution is -2.50. The predicted octanol–water partition coefficient (Wildman–Crippen LogP) is 5.47. The van der Waals surface area contributed by atoms with Crippen molar-refractivity contribution in [2.45, 2.75) is 96.4 Å². The third-order valence-corrected chi connectivity index (χ3v) is 7.92. The third-order valence-electron chi connectivity index (χ3n) is 7.92. The van der Waals surface area contributed by atoms with Crippen LogP contribution in [-0.4, -0.2) is 55.1 Å². The van der Waals surface area contributed by atoms with E-state index in [0.29, 0.717) is 37.2 Å². The van der Waals surface area contributed by atoms with Gasteiger partial charge in [0.25, 0.3) is 5.91 Å². The van der Waals surface area contributed by atoms with Crippen molar-refractivity contribution in [1.82, 2.24) is 10.2 Å². The van der Waals surface area contributed by atoms with E-state index in [1.165, 1.54) is 5.56 Å². The first kappa shape index (κ1) is 31.3. The minimum absolute atomic E-state index is 0.0176. The van der Waals surface area contributed by atoms with Crippen LogP contribution >= 0.6 is 0 Å². The SMILES string of the molecule is CC.CC1(C)CC2NC(=O)c3ccc4c(c3)[C@@H](CCO4)N3C(=O)CC(CCCCc4ccc(c2c4)O1)N=C3N.COC. The summed E-state index contributed by atoms with van der Waals surface area (Å²) in [5.41, 5.74) is 9.53. The number of guanidine groups is 1. The Morgan fingerprint density at radius 3 is 2.50 bits per heavy atom. The molecule has 0 aliphatic carbocycles. The maximum absolute atomic E-state index is 13.6.